The Morgan fingerprint density at radius 3 is 2.72 bits per heavy atom. The van der Waals surface area contributed by atoms with Crippen molar-refractivity contribution >= 4 is 28.6 Å². The number of hydrogen-bond donors (Lipinski definition) is 5. The number of ether oxygens (including phenoxy) is 1. The third-order valence-corrected chi connectivity index (χ3v) is 10.4. The first-order valence-corrected chi connectivity index (χ1v) is 18.3. The highest BCUT2D eigenvalue weighted by Crippen LogP contribution is 2.37. The van der Waals surface area contributed by atoms with Gasteiger partial charge in [0.2, 0.25) is 0 Å². The number of halogens is 4. The SMILES string of the molecule is CSc1cc(-n2cc3cc(-c4cc(CCC[C@@H](N)C5CC5)cc(OC(F)(F)F)c4F)[nH]c3nc2=O)ccc1[C@@H]1CCC[C@@H](CCNC(C)=N)N1. The van der Waals surface area contributed by atoms with Crippen LogP contribution >= 0.6 is 11.8 Å². The number of hydrogen-bond acceptors (Lipinski definition) is 7. The summed E-state index contributed by atoms with van der Waals surface area (Å²) in [5.74, 6) is -1.12. The summed E-state index contributed by atoms with van der Waals surface area (Å²) in [5, 5.41) is 14.9. The normalized spacial score (nSPS) is 18.7. The van der Waals surface area contributed by atoms with Crippen LogP contribution in [0.3, 0.4) is 0 Å². The average molecular weight is 714 g/mol. The molecule has 2 fully saturated rings. The van der Waals surface area contributed by atoms with Crippen molar-refractivity contribution in [2.45, 2.75) is 94.1 Å². The number of aryl methyl sites for hydroxylation is 1. The number of fused-ring (bicyclic) bond motifs is 1. The molecule has 50 heavy (non-hydrogen) atoms. The van der Waals surface area contributed by atoms with Gasteiger partial charge in [-0.25, -0.2) is 9.18 Å². The van der Waals surface area contributed by atoms with Gasteiger partial charge in [0.05, 0.1) is 17.2 Å². The molecule has 6 N–H and O–H groups in total. The molecule has 2 aliphatic rings. The van der Waals surface area contributed by atoms with Gasteiger partial charge in [0.25, 0.3) is 0 Å². The van der Waals surface area contributed by atoms with Gasteiger partial charge in [-0.3, -0.25) is 9.98 Å². The summed E-state index contributed by atoms with van der Waals surface area (Å²) in [6.07, 6.45) is 6.52. The van der Waals surface area contributed by atoms with E-state index in [0.717, 1.165) is 68.0 Å². The molecule has 0 radical (unpaired) electrons. The molecule has 0 spiro atoms. The Balaban J connectivity index is 1.27. The number of nitrogens with one attached hydrogen (secondary N) is 4. The van der Waals surface area contributed by atoms with Gasteiger partial charge in [0.15, 0.2) is 11.6 Å². The number of aromatic amines is 1. The maximum absolute atomic E-state index is 15.6. The lowest BCUT2D eigenvalue weighted by molar-refractivity contribution is -0.275. The van der Waals surface area contributed by atoms with Gasteiger partial charge in [0, 0.05) is 46.7 Å². The molecule has 0 unspecified atom stereocenters. The highest BCUT2D eigenvalue weighted by atomic mass is 32.2. The molecule has 6 rings (SSSR count). The molecule has 9 nitrogen and oxygen atoms in total. The zero-order valence-corrected chi connectivity index (χ0v) is 28.9. The fourth-order valence-corrected chi connectivity index (χ4v) is 7.57. The Morgan fingerprint density at radius 1 is 1.20 bits per heavy atom. The number of piperidine rings is 1. The van der Waals surface area contributed by atoms with E-state index in [2.05, 4.69) is 25.3 Å². The Hall–Kier alpha value is -3.88. The van der Waals surface area contributed by atoms with Gasteiger partial charge >= 0.3 is 12.1 Å². The molecule has 3 atom stereocenters. The van der Waals surface area contributed by atoms with Crippen LogP contribution in [-0.4, -0.2) is 51.6 Å². The number of nitrogens with two attached hydrogens (primary N) is 1. The number of rotatable bonds is 13. The minimum Gasteiger partial charge on any atom is -0.403 e. The molecule has 4 aromatic rings. The van der Waals surface area contributed by atoms with E-state index in [9.17, 15) is 18.0 Å². The minimum atomic E-state index is -5.08. The molecule has 3 heterocycles. The van der Waals surface area contributed by atoms with Crippen molar-refractivity contribution in [1.82, 2.24) is 25.2 Å². The summed E-state index contributed by atoms with van der Waals surface area (Å²) in [5.41, 5.74) is 8.15. The van der Waals surface area contributed by atoms with Gasteiger partial charge in [-0.05, 0) is 112 Å². The summed E-state index contributed by atoms with van der Waals surface area (Å²) in [4.78, 5) is 21.4. The predicted molar refractivity (Wildman–Crippen MR) is 189 cm³/mol. The van der Waals surface area contributed by atoms with E-state index in [0.29, 0.717) is 47.3 Å². The minimum absolute atomic E-state index is 0.0453. The standard InChI is InChI=1S/C36H43F4N7O2S/c1-20(41)43-14-13-24-6-4-8-29(44-24)26-12-11-25(18-32(26)50-2)47-19-23-17-30(45-34(23)46-35(47)48)27-15-21(5-3-7-28(42)22-9-10-22)16-31(33(27)37)49-36(38,39)40/h11-12,15-19,22,24,28-29,44H,3-10,13-14,42H2,1-2H3,(H2,41,43)(H,45,46,48)/t24-,28+,29-/m0/s1. The summed E-state index contributed by atoms with van der Waals surface area (Å²) in [6, 6.07) is 10.6. The number of benzene rings is 2. The lowest BCUT2D eigenvalue weighted by atomic mass is 9.92. The lowest BCUT2D eigenvalue weighted by Crippen LogP contribution is -2.39. The van der Waals surface area contributed by atoms with Crippen LogP contribution in [0.1, 0.15) is 75.5 Å². The van der Waals surface area contributed by atoms with Gasteiger partial charge in [-0.15, -0.1) is 24.9 Å². The van der Waals surface area contributed by atoms with Gasteiger partial charge < -0.3 is 26.1 Å². The van der Waals surface area contributed by atoms with Crippen molar-refractivity contribution in [3.8, 4) is 22.7 Å². The molecule has 0 bridgehead atoms. The lowest BCUT2D eigenvalue weighted by Gasteiger charge is -2.32. The molecule has 2 aromatic carbocycles. The van der Waals surface area contributed by atoms with E-state index < -0.39 is 23.6 Å². The quantitative estimate of drug-likeness (QED) is 0.0423. The second-order valence-corrected chi connectivity index (χ2v) is 14.2. The third kappa shape index (κ3) is 8.70. The van der Waals surface area contributed by atoms with Gasteiger partial charge in [-0.1, -0.05) is 12.5 Å². The number of nitrogens with zero attached hydrogens (tertiary/aromatic N) is 2. The van der Waals surface area contributed by atoms with Gasteiger partial charge in [0.1, 0.15) is 5.65 Å². The Bertz CT molecular complexity index is 1910. The molecule has 14 heteroatoms. The first-order valence-electron chi connectivity index (χ1n) is 17.1. The zero-order valence-electron chi connectivity index (χ0n) is 28.1. The first kappa shape index (κ1) is 35.9. The van der Waals surface area contributed by atoms with Crippen LogP contribution in [-0.2, 0) is 6.42 Å². The van der Waals surface area contributed by atoms with E-state index in [1.54, 1.807) is 30.9 Å². The van der Waals surface area contributed by atoms with Crippen LogP contribution in [0.25, 0.3) is 28.0 Å². The topological polar surface area (TPSA) is 134 Å². The van der Waals surface area contributed by atoms with Crippen molar-refractivity contribution in [3.63, 3.8) is 0 Å². The molecule has 268 valence electrons. The maximum atomic E-state index is 15.6. The zero-order chi connectivity index (χ0) is 35.6. The molecular weight excluding hydrogens is 671 g/mol. The number of amidine groups is 1. The van der Waals surface area contributed by atoms with E-state index >= 15 is 4.39 Å². The van der Waals surface area contributed by atoms with Crippen LogP contribution < -0.4 is 26.8 Å². The Labute approximate surface area is 292 Å². The van der Waals surface area contributed by atoms with E-state index in [1.807, 2.05) is 24.5 Å². The number of aromatic nitrogens is 3. The van der Waals surface area contributed by atoms with Crippen molar-refractivity contribution in [3.05, 3.63) is 70.0 Å². The summed E-state index contributed by atoms with van der Waals surface area (Å²) in [6.45, 7) is 2.47. The molecule has 1 aliphatic heterocycles. The van der Waals surface area contributed by atoms with Crippen LogP contribution in [0.5, 0.6) is 5.75 Å². The Morgan fingerprint density at radius 2 is 2.00 bits per heavy atom. The average Bonchev–Trinajstić information content (AvgIpc) is 3.84. The van der Waals surface area contributed by atoms with Crippen LogP contribution in [0.15, 0.2) is 52.3 Å². The fraction of sp³-hybridized carbons (Fsp3) is 0.472. The molecule has 1 aliphatic carbocycles. The molecule has 0 amide bonds. The first-order chi connectivity index (χ1) is 23.9. The highest BCUT2D eigenvalue weighted by molar-refractivity contribution is 7.98. The van der Waals surface area contributed by atoms with E-state index in [4.69, 9.17) is 11.1 Å². The number of alkyl halides is 3. The number of thioether (sulfide) groups is 1. The maximum Gasteiger partial charge on any atom is 0.573 e. The smallest absolute Gasteiger partial charge is 0.403 e. The van der Waals surface area contributed by atoms with Crippen LogP contribution in [0.2, 0.25) is 0 Å². The van der Waals surface area contributed by atoms with Crippen molar-refractivity contribution < 1.29 is 22.3 Å². The number of H-pyrrole nitrogens is 1. The fourth-order valence-electron chi connectivity index (χ4n) is 6.88. The second-order valence-electron chi connectivity index (χ2n) is 13.4. The monoisotopic (exact) mass is 713 g/mol. The summed E-state index contributed by atoms with van der Waals surface area (Å²) in [7, 11) is 0. The molecule has 2 aromatic heterocycles. The second kappa shape index (κ2) is 15.2. The highest BCUT2D eigenvalue weighted by Gasteiger charge is 2.34. The van der Waals surface area contributed by atoms with Crippen LogP contribution in [0, 0.1) is 17.1 Å². The molecule has 1 saturated carbocycles. The van der Waals surface area contributed by atoms with Gasteiger partial charge in [-0.2, -0.15) is 4.98 Å². The summed E-state index contributed by atoms with van der Waals surface area (Å²) < 4.78 is 60.9. The third-order valence-electron chi connectivity index (χ3n) is 9.59. The predicted octanol–water partition coefficient (Wildman–Crippen LogP) is 7.36. The van der Waals surface area contributed by atoms with Crippen molar-refractivity contribution in [1.29, 1.82) is 5.41 Å². The summed E-state index contributed by atoms with van der Waals surface area (Å²) >= 11 is 1.59. The Kier molecular flexibility index (Phi) is 10.9. The van der Waals surface area contributed by atoms with Crippen LogP contribution in [0.4, 0.5) is 17.6 Å². The van der Waals surface area contributed by atoms with E-state index in [1.165, 1.54) is 10.6 Å². The molecular formula is C36H43F4N7O2S. The van der Waals surface area contributed by atoms with E-state index in [-0.39, 0.29) is 29.0 Å². The molecule has 1 saturated heterocycles. The largest absolute Gasteiger partial charge is 0.573 e. The van der Waals surface area contributed by atoms with Crippen molar-refractivity contribution in [2.75, 3.05) is 12.8 Å². The van der Waals surface area contributed by atoms with Crippen molar-refractivity contribution in [2.24, 2.45) is 11.7 Å².